The Labute approximate surface area is 140 Å². The number of unbranched alkanes of at least 4 members (excludes halogenated alkanes) is 7. The van der Waals surface area contributed by atoms with Crippen LogP contribution in [0, 0.1) is 0 Å². The van der Waals surface area contributed by atoms with E-state index in [9.17, 15) is 9.90 Å². The number of phenols is 1. The highest BCUT2D eigenvalue weighted by Crippen LogP contribution is 2.15. The predicted molar refractivity (Wildman–Crippen MR) is 93.4 cm³/mol. The second kappa shape index (κ2) is 12.9. The summed E-state index contributed by atoms with van der Waals surface area (Å²) in [7, 11) is 1.44. The summed E-state index contributed by atoms with van der Waals surface area (Å²) < 4.78 is 4.62. The highest BCUT2D eigenvalue weighted by Gasteiger charge is 2.00. The number of esters is 1. The predicted octanol–water partition coefficient (Wildman–Crippen LogP) is 4.17. The van der Waals surface area contributed by atoms with Gasteiger partial charge in [-0.25, -0.2) is 0 Å². The monoisotopic (exact) mass is 321 g/mol. The van der Waals surface area contributed by atoms with Gasteiger partial charge in [0.2, 0.25) is 0 Å². The van der Waals surface area contributed by atoms with E-state index in [2.05, 4.69) is 10.1 Å². The number of para-hydroxylation sites is 1. The van der Waals surface area contributed by atoms with Crippen molar-refractivity contribution in [3.63, 3.8) is 0 Å². The summed E-state index contributed by atoms with van der Waals surface area (Å²) in [5.41, 5.74) is 0.958. The van der Waals surface area contributed by atoms with Crippen molar-refractivity contribution in [2.24, 2.45) is 0 Å². The van der Waals surface area contributed by atoms with Crippen molar-refractivity contribution in [3.8, 4) is 5.75 Å². The lowest BCUT2D eigenvalue weighted by atomic mass is 10.1. The maximum absolute atomic E-state index is 10.9. The summed E-state index contributed by atoms with van der Waals surface area (Å²) in [6, 6.07) is 7.46. The molecule has 0 radical (unpaired) electrons. The first-order chi connectivity index (χ1) is 11.2. The minimum absolute atomic E-state index is 0.0960. The fraction of sp³-hybridized carbons (Fsp3) is 0.632. The highest BCUT2D eigenvalue weighted by molar-refractivity contribution is 5.68. The topological polar surface area (TPSA) is 58.6 Å². The summed E-state index contributed by atoms with van der Waals surface area (Å²) in [6.07, 6.45) is 10.1. The fourth-order valence-corrected chi connectivity index (χ4v) is 2.57. The van der Waals surface area contributed by atoms with Gasteiger partial charge < -0.3 is 15.2 Å². The summed E-state index contributed by atoms with van der Waals surface area (Å²) in [5, 5.41) is 13.0. The van der Waals surface area contributed by atoms with Crippen molar-refractivity contribution < 1.29 is 14.6 Å². The number of ether oxygens (including phenoxy) is 1. The van der Waals surface area contributed by atoms with Gasteiger partial charge in [-0.05, 0) is 25.5 Å². The zero-order chi connectivity index (χ0) is 16.8. The molecule has 23 heavy (non-hydrogen) atoms. The number of benzene rings is 1. The molecule has 0 aromatic heterocycles. The molecule has 0 aliphatic carbocycles. The lowest BCUT2D eigenvalue weighted by Gasteiger charge is -2.06. The maximum atomic E-state index is 10.9. The van der Waals surface area contributed by atoms with Gasteiger partial charge >= 0.3 is 5.97 Å². The van der Waals surface area contributed by atoms with Crippen molar-refractivity contribution in [1.82, 2.24) is 5.32 Å². The van der Waals surface area contributed by atoms with E-state index in [4.69, 9.17) is 0 Å². The minimum Gasteiger partial charge on any atom is -0.508 e. The van der Waals surface area contributed by atoms with Crippen LogP contribution in [0.3, 0.4) is 0 Å². The van der Waals surface area contributed by atoms with Gasteiger partial charge in [0.25, 0.3) is 0 Å². The molecule has 4 nitrogen and oxygen atoms in total. The van der Waals surface area contributed by atoms with Crippen LogP contribution in [0.1, 0.15) is 63.4 Å². The van der Waals surface area contributed by atoms with Crippen LogP contribution in [0.2, 0.25) is 0 Å². The van der Waals surface area contributed by atoms with Crippen molar-refractivity contribution in [1.29, 1.82) is 0 Å². The Morgan fingerprint density at radius 1 is 1.00 bits per heavy atom. The molecule has 0 aliphatic heterocycles. The van der Waals surface area contributed by atoms with Gasteiger partial charge in [0.15, 0.2) is 0 Å². The normalized spacial score (nSPS) is 10.7. The first-order valence-electron chi connectivity index (χ1n) is 8.78. The second-order valence-corrected chi connectivity index (χ2v) is 5.96. The third kappa shape index (κ3) is 9.95. The molecule has 0 heterocycles. The Morgan fingerprint density at radius 2 is 1.61 bits per heavy atom. The van der Waals surface area contributed by atoms with Gasteiger partial charge in [-0.3, -0.25) is 4.79 Å². The van der Waals surface area contributed by atoms with Crippen LogP contribution in [-0.2, 0) is 16.1 Å². The Hall–Kier alpha value is -1.55. The molecule has 0 saturated heterocycles. The van der Waals surface area contributed by atoms with Crippen molar-refractivity contribution in [2.75, 3.05) is 13.7 Å². The van der Waals surface area contributed by atoms with Gasteiger partial charge in [-0.1, -0.05) is 56.7 Å². The van der Waals surface area contributed by atoms with Gasteiger partial charge in [0, 0.05) is 18.5 Å². The van der Waals surface area contributed by atoms with E-state index >= 15 is 0 Å². The molecule has 0 unspecified atom stereocenters. The van der Waals surface area contributed by atoms with Crippen LogP contribution in [0.15, 0.2) is 24.3 Å². The molecule has 0 spiro atoms. The van der Waals surface area contributed by atoms with Gasteiger partial charge in [0.05, 0.1) is 7.11 Å². The Balaban J connectivity index is 1.83. The molecule has 4 heteroatoms. The van der Waals surface area contributed by atoms with Gasteiger partial charge in [-0.15, -0.1) is 0 Å². The Morgan fingerprint density at radius 3 is 2.26 bits per heavy atom. The van der Waals surface area contributed by atoms with Crippen LogP contribution in [-0.4, -0.2) is 24.7 Å². The molecule has 0 aliphatic rings. The van der Waals surface area contributed by atoms with E-state index < -0.39 is 0 Å². The number of carbonyl (C=O) groups excluding carboxylic acids is 1. The van der Waals surface area contributed by atoms with Crippen LogP contribution in [0.4, 0.5) is 0 Å². The first-order valence-corrected chi connectivity index (χ1v) is 8.78. The number of hydrogen-bond acceptors (Lipinski definition) is 4. The number of aromatic hydroxyl groups is 1. The average Bonchev–Trinajstić information content (AvgIpc) is 2.57. The number of phenolic OH excluding ortho intramolecular Hbond substituents is 1. The van der Waals surface area contributed by atoms with E-state index in [1.807, 2.05) is 18.2 Å². The molecular formula is C19H31NO3. The van der Waals surface area contributed by atoms with Crippen LogP contribution in [0.25, 0.3) is 0 Å². The third-order valence-electron chi connectivity index (χ3n) is 4.02. The summed E-state index contributed by atoms with van der Waals surface area (Å²) in [6.45, 7) is 1.72. The number of rotatable bonds is 13. The van der Waals surface area contributed by atoms with Gasteiger partial charge in [0.1, 0.15) is 5.75 Å². The van der Waals surface area contributed by atoms with E-state index in [0.717, 1.165) is 31.5 Å². The average molecular weight is 321 g/mol. The molecule has 0 fully saturated rings. The smallest absolute Gasteiger partial charge is 0.305 e. The number of nitrogens with one attached hydrogen (secondary N) is 1. The molecule has 1 aromatic rings. The molecule has 1 aromatic carbocycles. The first kappa shape index (κ1) is 19.5. The lowest BCUT2D eigenvalue weighted by molar-refractivity contribution is -0.140. The quantitative estimate of drug-likeness (QED) is 0.423. The molecular weight excluding hydrogens is 290 g/mol. The Bertz CT molecular complexity index is 434. The molecule has 0 atom stereocenters. The largest absolute Gasteiger partial charge is 0.508 e. The molecule has 0 amide bonds. The van der Waals surface area contributed by atoms with E-state index in [-0.39, 0.29) is 5.97 Å². The summed E-state index contributed by atoms with van der Waals surface area (Å²) in [4.78, 5) is 10.9. The van der Waals surface area contributed by atoms with E-state index in [1.165, 1.54) is 45.6 Å². The summed E-state index contributed by atoms with van der Waals surface area (Å²) in [5.74, 6) is 0.272. The van der Waals surface area contributed by atoms with Crippen molar-refractivity contribution >= 4 is 5.97 Å². The number of carbonyl (C=O) groups is 1. The molecule has 0 saturated carbocycles. The zero-order valence-corrected chi connectivity index (χ0v) is 14.4. The van der Waals surface area contributed by atoms with Gasteiger partial charge in [-0.2, -0.15) is 0 Å². The molecule has 1 rings (SSSR count). The summed E-state index contributed by atoms with van der Waals surface area (Å²) >= 11 is 0. The zero-order valence-electron chi connectivity index (χ0n) is 14.4. The Kier molecular flexibility index (Phi) is 11.0. The number of methoxy groups -OCH3 is 1. The SMILES string of the molecule is COC(=O)CCCCCCCCCCNCc1ccccc1O. The molecule has 0 bridgehead atoms. The van der Waals surface area contributed by atoms with Crippen molar-refractivity contribution in [2.45, 2.75) is 64.3 Å². The van der Waals surface area contributed by atoms with Crippen molar-refractivity contribution in [3.05, 3.63) is 29.8 Å². The minimum atomic E-state index is -0.0960. The van der Waals surface area contributed by atoms with Crippen LogP contribution in [0.5, 0.6) is 5.75 Å². The van der Waals surface area contributed by atoms with Crippen LogP contribution < -0.4 is 5.32 Å². The standard InChI is InChI=1S/C19H31NO3/c1-23-19(22)14-8-6-4-2-3-5-7-11-15-20-16-17-12-9-10-13-18(17)21/h9-10,12-13,20-21H,2-8,11,14-16H2,1H3. The van der Waals surface area contributed by atoms with E-state index in [1.54, 1.807) is 6.07 Å². The molecule has 130 valence electrons. The molecule has 2 N–H and O–H groups in total. The fourth-order valence-electron chi connectivity index (χ4n) is 2.57. The number of hydrogen-bond donors (Lipinski definition) is 2. The van der Waals surface area contributed by atoms with Crippen LogP contribution >= 0.6 is 0 Å². The third-order valence-corrected chi connectivity index (χ3v) is 4.02. The highest BCUT2D eigenvalue weighted by atomic mass is 16.5. The second-order valence-electron chi connectivity index (χ2n) is 5.96. The van der Waals surface area contributed by atoms with E-state index in [0.29, 0.717) is 12.2 Å². The maximum Gasteiger partial charge on any atom is 0.305 e. The lowest BCUT2D eigenvalue weighted by Crippen LogP contribution is -2.14.